The molecule has 0 saturated carbocycles. The summed E-state index contributed by atoms with van der Waals surface area (Å²) < 4.78 is 0. The lowest BCUT2D eigenvalue weighted by molar-refractivity contribution is -0.135. The Morgan fingerprint density at radius 3 is 2.33 bits per heavy atom. The molecule has 1 N–H and O–H groups in total. The summed E-state index contributed by atoms with van der Waals surface area (Å²) in [6.07, 6.45) is 2.83. The van der Waals surface area contributed by atoms with Crippen molar-refractivity contribution in [2.24, 2.45) is 0 Å². The molecule has 0 bridgehead atoms. The Bertz CT molecular complexity index is 467. The van der Waals surface area contributed by atoms with Crippen LogP contribution in [0.25, 0.3) is 5.57 Å². The summed E-state index contributed by atoms with van der Waals surface area (Å²) in [6.45, 7) is 6.26. The van der Waals surface area contributed by atoms with Gasteiger partial charge in [0.1, 0.15) is 0 Å². The Balaban J connectivity index is 3.20. The van der Waals surface area contributed by atoms with Gasteiger partial charge in [-0.1, -0.05) is 48.9 Å². The molecule has 1 aromatic carbocycles. The number of rotatable bonds is 5. The van der Waals surface area contributed by atoms with Crippen molar-refractivity contribution in [1.29, 1.82) is 0 Å². The summed E-state index contributed by atoms with van der Waals surface area (Å²) >= 11 is 0. The van der Waals surface area contributed by atoms with Crippen LogP contribution < -0.4 is 0 Å². The van der Waals surface area contributed by atoms with Crippen molar-refractivity contribution in [2.45, 2.75) is 33.6 Å². The highest BCUT2D eigenvalue weighted by Gasteiger charge is 2.07. The topological polar surface area (TPSA) is 37.3 Å². The standard InChI is InChI=1S/C16H20O2/c1-4-12(2)13(3)15(10-11-16(17)18)14-8-6-5-7-9-14/h5-10H,4,11H2,1-3H3,(H,17,18)/b13-12-,15-10+. The molecule has 0 saturated heterocycles. The van der Waals surface area contributed by atoms with Gasteiger partial charge in [-0.25, -0.2) is 0 Å². The summed E-state index contributed by atoms with van der Waals surface area (Å²) in [7, 11) is 0. The minimum Gasteiger partial charge on any atom is -0.481 e. The van der Waals surface area contributed by atoms with Crippen molar-refractivity contribution in [2.75, 3.05) is 0 Å². The smallest absolute Gasteiger partial charge is 0.307 e. The quantitative estimate of drug-likeness (QED) is 0.784. The number of hydrogen-bond acceptors (Lipinski definition) is 1. The molecule has 0 atom stereocenters. The number of carboxylic acid groups (broad SMARTS) is 1. The monoisotopic (exact) mass is 244 g/mol. The minimum absolute atomic E-state index is 0.0541. The first-order chi connectivity index (χ1) is 8.56. The number of allylic oxidation sites excluding steroid dienone is 3. The second-order valence-electron chi connectivity index (χ2n) is 4.34. The van der Waals surface area contributed by atoms with E-state index < -0.39 is 5.97 Å². The van der Waals surface area contributed by atoms with Gasteiger partial charge in [-0.15, -0.1) is 0 Å². The lowest BCUT2D eigenvalue weighted by atomic mass is 9.94. The van der Waals surface area contributed by atoms with Crippen LogP contribution in [-0.2, 0) is 4.79 Å². The van der Waals surface area contributed by atoms with Gasteiger partial charge >= 0.3 is 5.97 Å². The third kappa shape index (κ3) is 3.88. The molecule has 1 rings (SSSR count). The van der Waals surface area contributed by atoms with Crippen molar-refractivity contribution in [3.8, 4) is 0 Å². The average molecular weight is 244 g/mol. The third-order valence-electron chi connectivity index (χ3n) is 3.14. The van der Waals surface area contributed by atoms with Crippen molar-refractivity contribution < 1.29 is 9.90 Å². The minimum atomic E-state index is -0.801. The number of carbonyl (C=O) groups is 1. The summed E-state index contributed by atoms with van der Waals surface area (Å²) in [5.41, 5.74) is 4.56. The summed E-state index contributed by atoms with van der Waals surface area (Å²) in [6, 6.07) is 9.93. The predicted molar refractivity (Wildman–Crippen MR) is 75.3 cm³/mol. The zero-order valence-corrected chi connectivity index (χ0v) is 11.2. The Morgan fingerprint density at radius 1 is 1.22 bits per heavy atom. The molecule has 0 amide bonds. The van der Waals surface area contributed by atoms with Gasteiger partial charge in [0.2, 0.25) is 0 Å². The van der Waals surface area contributed by atoms with Crippen LogP contribution in [0.3, 0.4) is 0 Å². The van der Waals surface area contributed by atoms with Crippen LogP contribution in [0.4, 0.5) is 0 Å². The zero-order valence-electron chi connectivity index (χ0n) is 11.2. The molecule has 18 heavy (non-hydrogen) atoms. The van der Waals surface area contributed by atoms with E-state index in [9.17, 15) is 4.79 Å². The van der Waals surface area contributed by atoms with E-state index in [0.717, 1.165) is 17.6 Å². The molecule has 0 unspecified atom stereocenters. The Hall–Kier alpha value is -1.83. The van der Waals surface area contributed by atoms with Crippen molar-refractivity contribution in [3.63, 3.8) is 0 Å². The maximum absolute atomic E-state index is 10.7. The van der Waals surface area contributed by atoms with E-state index in [0.29, 0.717) is 0 Å². The van der Waals surface area contributed by atoms with E-state index >= 15 is 0 Å². The molecular weight excluding hydrogens is 224 g/mol. The third-order valence-corrected chi connectivity index (χ3v) is 3.14. The van der Waals surface area contributed by atoms with E-state index in [1.54, 1.807) is 6.08 Å². The van der Waals surface area contributed by atoms with Crippen LogP contribution in [-0.4, -0.2) is 11.1 Å². The first-order valence-corrected chi connectivity index (χ1v) is 6.20. The van der Waals surface area contributed by atoms with Crippen LogP contribution in [0.15, 0.2) is 47.6 Å². The lowest BCUT2D eigenvalue weighted by Crippen LogP contribution is -1.95. The van der Waals surface area contributed by atoms with Gasteiger partial charge in [0.15, 0.2) is 0 Å². The molecule has 0 radical (unpaired) electrons. The molecule has 0 aromatic heterocycles. The van der Waals surface area contributed by atoms with Crippen molar-refractivity contribution in [1.82, 2.24) is 0 Å². The van der Waals surface area contributed by atoms with Gasteiger partial charge in [0.05, 0.1) is 6.42 Å². The van der Waals surface area contributed by atoms with E-state index in [2.05, 4.69) is 20.8 Å². The van der Waals surface area contributed by atoms with Gasteiger partial charge in [-0.3, -0.25) is 4.79 Å². The number of hydrogen-bond donors (Lipinski definition) is 1. The van der Waals surface area contributed by atoms with Gasteiger partial charge in [0.25, 0.3) is 0 Å². The molecule has 2 nitrogen and oxygen atoms in total. The van der Waals surface area contributed by atoms with Gasteiger partial charge in [-0.05, 0) is 37.0 Å². The molecule has 0 fully saturated rings. The first-order valence-electron chi connectivity index (χ1n) is 6.20. The summed E-state index contributed by atoms with van der Waals surface area (Å²) in [4.78, 5) is 10.7. The average Bonchev–Trinajstić information content (AvgIpc) is 2.38. The van der Waals surface area contributed by atoms with Gasteiger partial charge in [-0.2, -0.15) is 0 Å². The predicted octanol–water partition coefficient (Wildman–Crippen LogP) is 4.29. The van der Waals surface area contributed by atoms with Crippen LogP contribution in [0.1, 0.15) is 39.2 Å². The van der Waals surface area contributed by atoms with E-state index in [4.69, 9.17) is 5.11 Å². The number of benzene rings is 1. The Labute approximate surface area is 109 Å². The highest BCUT2D eigenvalue weighted by Crippen LogP contribution is 2.26. The number of aliphatic carboxylic acids is 1. The second-order valence-corrected chi connectivity index (χ2v) is 4.34. The van der Waals surface area contributed by atoms with Crippen LogP contribution in [0.5, 0.6) is 0 Å². The molecule has 1 aromatic rings. The fourth-order valence-electron chi connectivity index (χ4n) is 1.79. The molecule has 96 valence electrons. The largest absolute Gasteiger partial charge is 0.481 e. The second kappa shape index (κ2) is 6.80. The molecular formula is C16H20O2. The number of carboxylic acids is 1. The molecule has 0 aliphatic rings. The van der Waals surface area contributed by atoms with Crippen molar-refractivity contribution >= 4 is 11.5 Å². The van der Waals surface area contributed by atoms with E-state index in [1.807, 2.05) is 30.3 Å². The SMILES string of the molecule is CC/C(C)=C(C)\C(=C/CC(=O)O)c1ccccc1. The summed E-state index contributed by atoms with van der Waals surface area (Å²) in [5.74, 6) is -0.801. The Morgan fingerprint density at radius 2 is 1.83 bits per heavy atom. The maximum atomic E-state index is 10.7. The maximum Gasteiger partial charge on any atom is 0.307 e. The van der Waals surface area contributed by atoms with Gasteiger partial charge < -0.3 is 5.11 Å². The van der Waals surface area contributed by atoms with E-state index in [1.165, 1.54) is 11.1 Å². The highest BCUT2D eigenvalue weighted by atomic mass is 16.4. The van der Waals surface area contributed by atoms with Crippen LogP contribution in [0, 0.1) is 0 Å². The molecule has 0 aliphatic carbocycles. The van der Waals surface area contributed by atoms with Crippen molar-refractivity contribution in [3.05, 3.63) is 53.1 Å². The summed E-state index contributed by atoms with van der Waals surface area (Å²) in [5, 5.41) is 8.83. The Kier molecular flexibility index (Phi) is 5.37. The molecule has 2 heteroatoms. The first kappa shape index (κ1) is 14.2. The lowest BCUT2D eigenvalue weighted by Gasteiger charge is -2.12. The molecule has 0 spiro atoms. The molecule has 0 heterocycles. The fraction of sp³-hybridized carbons (Fsp3) is 0.312. The van der Waals surface area contributed by atoms with Crippen LogP contribution >= 0.6 is 0 Å². The fourth-order valence-corrected chi connectivity index (χ4v) is 1.79. The van der Waals surface area contributed by atoms with Crippen LogP contribution in [0.2, 0.25) is 0 Å². The van der Waals surface area contributed by atoms with Gasteiger partial charge in [0, 0.05) is 0 Å². The molecule has 0 aliphatic heterocycles. The normalized spacial score (nSPS) is 13.2. The zero-order chi connectivity index (χ0) is 13.5. The highest BCUT2D eigenvalue weighted by molar-refractivity contribution is 5.82. The van der Waals surface area contributed by atoms with E-state index in [-0.39, 0.29) is 6.42 Å².